The molecule has 2 amide bonds. The van der Waals surface area contributed by atoms with Crippen molar-refractivity contribution < 1.29 is 35.5 Å². The first kappa shape index (κ1) is 44.8. The van der Waals surface area contributed by atoms with Crippen molar-refractivity contribution in [2.45, 2.75) is 76.0 Å². The first-order valence-corrected chi connectivity index (χ1v) is 23.6. The van der Waals surface area contributed by atoms with Crippen molar-refractivity contribution in [3.05, 3.63) is 113 Å². The lowest BCUT2D eigenvalue weighted by molar-refractivity contribution is 0.102. The zero-order chi connectivity index (χ0) is 42.8. The number of benzene rings is 2. The van der Waals surface area contributed by atoms with Crippen LogP contribution in [0.4, 0.5) is 23.1 Å². The van der Waals surface area contributed by atoms with Gasteiger partial charge in [0, 0.05) is 11.4 Å². The lowest BCUT2D eigenvalue weighted by Crippen LogP contribution is -2.18. The Bertz CT molecular complexity index is 2470. The number of aromatic nitrogens is 2. The predicted molar refractivity (Wildman–Crippen MR) is 234 cm³/mol. The quantitative estimate of drug-likeness (QED) is 0.102. The minimum absolute atomic E-state index is 0.00343. The van der Waals surface area contributed by atoms with E-state index in [2.05, 4.69) is 104 Å². The molecule has 0 saturated heterocycles. The first-order chi connectivity index (χ1) is 27.0. The smallest absolute Gasteiger partial charge is 0.267 e. The fourth-order valence-electron chi connectivity index (χ4n) is 5.03. The topological polar surface area (TPSA) is 203 Å². The van der Waals surface area contributed by atoms with E-state index in [1.807, 2.05) is 24.3 Å². The van der Waals surface area contributed by atoms with E-state index >= 15 is 0 Å². The van der Waals surface area contributed by atoms with Crippen LogP contribution in [0.25, 0.3) is 0 Å². The summed E-state index contributed by atoms with van der Waals surface area (Å²) in [5, 5.41) is 16.0. The van der Waals surface area contributed by atoms with Crippen LogP contribution in [0.2, 0.25) is 0 Å². The number of anilines is 4. The molecule has 14 nitrogen and oxygen atoms in total. The summed E-state index contributed by atoms with van der Waals surface area (Å²) in [6, 6.07) is 17.7. The van der Waals surface area contributed by atoms with Gasteiger partial charge >= 0.3 is 0 Å². The maximum atomic E-state index is 12.8. The van der Waals surface area contributed by atoms with Gasteiger partial charge in [-0.3, -0.25) is 9.59 Å². The van der Waals surface area contributed by atoms with Gasteiger partial charge < -0.3 is 19.7 Å². The highest BCUT2D eigenvalue weighted by Crippen LogP contribution is 2.33. The Morgan fingerprint density at radius 3 is 1.19 bits per heavy atom. The molecule has 4 aromatic heterocycles. The number of halogens is 2. The molecule has 0 aliphatic carbocycles. The van der Waals surface area contributed by atoms with Gasteiger partial charge in [0.05, 0.1) is 11.4 Å². The molecule has 0 bridgehead atoms. The lowest BCUT2D eigenvalue weighted by atomic mass is 9.87. The molecule has 0 spiro atoms. The molecular formula is C38H40Br2N6O8S4. The highest BCUT2D eigenvalue weighted by Gasteiger charge is 2.28. The van der Waals surface area contributed by atoms with Crippen molar-refractivity contribution in [2.75, 3.05) is 20.1 Å². The summed E-state index contributed by atoms with van der Waals surface area (Å²) in [6.07, 6.45) is 0. The van der Waals surface area contributed by atoms with Crippen LogP contribution in [-0.2, 0) is 30.9 Å². The fraction of sp³-hybridized carbons (Fsp3) is 0.263. The molecule has 0 saturated carbocycles. The Kier molecular flexibility index (Phi) is 13.5. The van der Waals surface area contributed by atoms with Crippen LogP contribution in [-0.4, -0.2) is 39.0 Å². The number of thiophene rings is 2. The number of hydrogen-bond donors (Lipinski definition) is 4. The van der Waals surface area contributed by atoms with Crippen LogP contribution in [0.1, 0.15) is 83.4 Å². The molecule has 6 rings (SSSR count). The van der Waals surface area contributed by atoms with Crippen LogP contribution >= 0.6 is 54.5 Å². The van der Waals surface area contributed by atoms with E-state index in [1.54, 1.807) is 48.9 Å². The molecule has 0 atom stereocenters. The van der Waals surface area contributed by atoms with E-state index in [1.165, 1.54) is 12.1 Å². The lowest BCUT2D eigenvalue weighted by Gasteiger charge is -2.19. The number of sulfonamides is 2. The highest BCUT2D eigenvalue weighted by molar-refractivity contribution is 9.11. The molecule has 58 heavy (non-hydrogen) atoms. The summed E-state index contributed by atoms with van der Waals surface area (Å²) in [7, 11) is -8.07. The third kappa shape index (κ3) is 10.6. The average molecular weight is 997 g/mol. The second-order valence-electron chi connectivity index (χ2n) is 14.8. The summed E-state index contributed by atoms with van der Waals surface area (Å²) in [4.78, 5) is 25.3. The molecule has 2 aromatic carbocycles. The van der Waals surface area contributed by atoms with Crippen LogP contribution < -0.4 is 20.1 Å². The van der Waals surface area contributed by atoms with Gasteiger partial charge in [-0.2, -0.15) is 0 Å². The second-order valence-corrected chi connectivity index (χ2v) is 21.5. The molecule has 0 fully saturated rings. The molecule has 0 aliphatic rings. The van der Waals surface area contributed by atoms with Gasteiger partial charge in [0.25, 0.3) is 43.6 Å². The monoisotopic (exact) mass is 994 g/mol. The number of carbonyl (C=O) groups excluding carboxylic acids is 2. The van der Waals surface area contributed by atoms with Crippen molar-refractivity contribution in [3.63, 3.8) is 0 Å². The van der Waals surface area contributed by atoms with Gasteiger partial charge in [-0.25, -0.2) is 26.3 Å². The standard InChI is InChI=1S/2C19H20BrN3O4S2/c2*1-11-15(20)18(27-22-11)23-29(25,26)14-9-10-28-16(14)17(24)21-13-7-5-12(6-8-13)19(2,3)4/h2*5-10,23H,1-4H3,(H,21,24). The molecule has 20 heteroatoms. The van der Waals surface area contributed by atoms with E-state index in [0.717, 1.165) is 33.8 Å². The Hall–Kier alpha value is -4.34. The molecular weight excluding hydrogens is 957 g/mol. The van der Waals surface area contributed by atoms with Crippen LogP contribution in [0.3, 0.4) is 0 Å². The average Bonchev–Trinajstić information content (AvgIpc) is 3.96. The van der Waals surface area contributed by atoms with Crippen LogP contribution in [0.5, 0.6) is 0 Å². The number of nitrogens with zero attached hydrogens (tertiary/aromatic N) is 2. The number of rotatable bonds is 10. The van der Waals surface area contributed by atoms with Gasteiger partial charge in [0.1, 0.15) is 28.5 Å². The van der Waals surface area contributed by atoms with Gasteiger partial charge in [-0.05, 0) is 115 Å². The molecule has 0 aliphatic heterocycles. The summed E-state index contributed by atoms with van der Waals surface area (Å²) in [6.45, 7) is 15.9. The normalized spacial score (nSPS) is 12.0. The molecule has 4 heterocycles. The number of aryl methyl sites for hydroxylation is 2. The van der Waals surface area contributed by atoms with Crippen molar-refractivity contribution >= 4 is 110 Å². The summed E-state index contributed by atoms with van der Waals surface area (Å²) in [5.74, 6) is -1.09. The van der Waals surface area contributed by atoms with Crippen molar-refractivity contribution in [1.29, 1.82) is 0 Å². The van der Waals surface area contributed by atoms with Crippen LogP contribution in [0.15, 0.2) is 99.2 Å². The molecule has 0 radical (unpaired) electrons. The SMILES string of the molecule is Cc1noc(NS(=O)(=O)c2ccsc2C(=O)Nc2ccc(C(C)(C)C)cc2)c1Br.Cc1noc(NS(=O)(=O)c2ccsc2C(=O)Nc2ccc(C(C)(C)C)cc2)c1Br. The Morgan fingerprint density at radius 1 is 0.586 bits per heavy atom. The Balaban J connectivity index is 0.000000221. The Morgan fingerprint density at radius 2 is 0.914 bits per heavy atom. The van der Waals surface area contributed by atoms with Crippen molar-refractivity contribution in [1.82, 2.24) is 10.3 Å². The summed E-state index contributed by atoms with van der Waals surface area (Å²) >= 11 is 8.52. The van der Waals surface area contributed by atoms with E-state index in [4.69, 9.17) is 9.05 Å². The van der Waals surface area contributed by atoms with Gasteiger partial charge in [0.2, 0.25) is 0 Å². The van der Waals surface area contributed by atoms with E-state index < -0.39 is 31.9 Å². The minimum atomic E-state index is -4.04. The fourth-order valence-corrected chi connectivity index (χ4v) is 10.4. The third-order valence-corrected chi connectivity index (χ3v) is 15.0. The Labute approximate surface area is 361 Å². The molecule has 308 valence electrons. The molecule has 4 N–H and O–H groups in total. The predicted octanol–water partition coefficient (Wildman–Crippen LogP) is 10.3. The van der Waals surface area contributed by atoms with Gasteiger partial charge in [0.15, 0.2) is 0 Å². The van der Waals surface area contributed by atoms with E-state index in [0.29, 0.717) is 31.7 Å². The molecule has 6 aromatic rings. The largest absolute Gasteiger partial charge is 0.336 e. The summed E-state index contributed by atoms with van der Waals surface area (Å²) in [5.41, 5.74) is 4.43. The number of nitrogens with one attached hydrogen (secondary N) is 4. The van der Waals surface area contributed by atoms with E-state index in [9.17, 15) is 26.4 Å². The van der Waals surface area contributed by atoms with Crippen molar-refractivity contribution in [2.24, 2.45) is 0 Å². The minimum Gasteiger partial charge on any atom is -0.336 e. The van der Waals surface area contributed by atoms with Crippen molar-refractivity contribution in [3.8, 4) is 0 Å². The second kappa shape index (κ2) is 17.5. The summed E-state index contributed by atoms with van der Waals surface area (Å²) < 4.78 is 66.5. The van der Waals surface area contributed by atoms with Gasteiger partial charge in [-0.1, -0.05) is 76.1 Å². The van der Waals surface area contributed by atoms with E-state index in [-0.39, 0.29) is 42.1 Å². The highest BCUT2D eigenvalue weighted by atomic mass is 79.9. The number of hydrogen-bond acceptors (Lipinski definition) is 12. The van der Waals surface area contributed by atoms with Gasteiger partial charge in [-0.15, -0.1) is 22.7 Å². The zero-order valence-corrected chi connectivity index (χ0v) is 38.9. The number of carbonyl (C=O) groups is 2. The number of amides is 2. The molecule has 0 unspecified atom stereocenters. The maximum absolute atomic E-state index is 12.8. The first-order valence-electron chi connectivity index (χ1n) is 17.3. The zero-order valence-electron chi connectivity index (χ0n) is 32.5. The third-order valence-electron chi connectivity index (χ3n) is 8.30. The maximum Gasteiger partial charge on any atom is 0.267 e. The van der Waals surface area contributed by atoms with Crippen LogP contribution in [0, 0.1) is 13.8 Å².